The predicted molar refractivity (Wildman–Crippen MR) is 148 cm³/mol. The average molecular weight is 652 g/mol. The lowest BCUT2D eigenvalue weighted by Gasteiger charge is -2.26. The Balaban J connectivity index is 2.04. The fourth-order valence-corrected chi connectivity index (χ4v) is 6.43. The second-order valence-corrected chi connectivity index (χ2v) is 10.7. The van der Waals surface area contributed by atoms with Crippen molar-refractivity contribution in [1.82, 2.24) is 4.57 Å². The number of aromatic nitrogens is 1. The molecule has 0 saturated carbocycles. The number of aromatic hydroxyl groups is 1. The van der Waals surface area contributed by atoms with E-state index in [1.165, 1.54) is 11.7 Å². The molecule has 0 radical (unpaired) electrons. The molecule has 2 aromatic carbocycles. The van der Waals surface area contributed by atoms with Gasteiger partial charge in [-0.25, -0.2) is 9.79 Å². The lowest BCUT2D eigenvalue weighted by Crippen LogP contribution is -2.40. The zero-order valence-electron chi connectivity index (χ0n) is 20.5. The van der Waals surface area contributed by atoms with E-state index in [2.05, 4.69) is 36.9 Å². The number of benzene rings is 2. The van der Waals surface area contributed by atoms with Crippen molar-refractivity contribution in [3.8, 4) is 17.2 Å². The van der Waals surface area contributed by atoms with Crippen molar-refractivity contribution in [1.29, 1.82) is 0 Å². The Morgan fingerprint density at radius 2 is 2.00 bits per heavy atom. The maximum atomic E-state index is 13.9. The standard InChI is InChI=1S/C26H24Br2N2O6S/c1-5-35-23-16(8-7-9-18(23)34-4)21-20(25(33)36-6-2)13(3)29-26-30(21)24(32)19(37-26)11-14-10-15(27)12-17(28)22(14)31/h7-12,21,31H,5-6H2,1-4H3/b19-11+/t21-/m1/s1. The summed E-state index contributed by atoms with van der Waals surface area (Å²) in [6.45, 7) is 5.80. The van der Waals surface area contributed by atoms with Gasteiger partial charge in [-0.1, -0.05) is 39.4 Å². The van der Waals surface area contributed by atoms with E-state index in [1.807, 2.05) is 6.92 Å². The maximum Gasteiger partial charge on any atom is 0.338 e. The number of fused-ring (bicyclic) bond motifs is 1. The number of halogens is 2. The lowest BCUT2D eigenvalue weighted by atomic mass is 9.94. The van der Waals surface area contributed by atoms with Gasteiger partial charge in [0.2, 0.25) is 0 Å². The summed E-state index contributed by atoms with van der Waals surface area (Å²) in [5.74, 6) is 0.336. The minimum Gasteiger partial charge on any atom is -0.506 e. The van der Waals surface area contributed by atoms with E-state index >= 15 is 0 Å². The smallest absolute Gasteiger partial charge is 0.338 e. The summed E-state index contributed by atoms with van der Waals surface area (Å²) >= 11 is 7.91. The van der Waals surface area contributed by atoms with Gasteiger partial charge < -0.3 is 19.3 Å². The van der Waals surface area contributed by atoms with Crippen LogP contribution >= 0.6 is 43.2 Å². The molecule has 8 nitrogen and oxygen atoms in total. The normalized spacial score (nSPS) is 15.3. The van der Waals surface area contributed by atoms with Crippen molar-refractivity contribution in [3.05, 3.63) is 81.4 Å². The quantitative estimate of drug-likeness (QED) is 0.380. The number of allylic oxidation sites excluding steroid dienone is 1. The van der Waals surface area contributed by atoms with E-state index in [0.29, 0.717) is 48.7 Å². The zero-order chi connectivity index (χ0) is 26.9. The van der Waals surface area contributed by atoms with Crippen LogP contribution in [0.25, 0.3) is 6.08 Å². The molecule has 11 heteroatoms. The number of esters is 1. The van der Waals surface area contributed by atoms with Gasteiger partial charge in [0, 0.05) is 15.6 Å². The van der Waals surface area contributed by atoms with Crippen LogP contribution in [0.2, 0.25) is 0 Å². The third-order valence-electron chi connectivity index (χ3n) is 5.67. The Labute approximate surface area is 233 Å². The van der Waals surface area contributed by atoms with Crippen molar-refractivity contribution >= 4 is 55.2 Å². The van der Waals surface area contributed by atoms with Gasteiger partial charge in [-0.2, -0.15) is 0 Å². The van der Waals surface area contributed by atoms with Gasteiger partial charge in [0.05, 0.1) is 40.6 Å². The highest BCUT2D eigenvalue weighted by atomic mass is 79.9. The monoisotopic (exact) mass is 650 g/mol. The summed E-state index contributed by atoms with van der Waals surface area (Å²) in [5.41, 5.74) is 1.32. The van der Waals surface area contributed by atoms with Gasteiger partial charge >= 0.3 is 5.97 Å². The molecule has 0 unspecified atom stereocenters. The Morgan fingerprint density at radius 3 is 2.68 bits per heavy atom. The van der Waals surface area contributed by atoms with Gasteiger partial charge in [-0.05, 0) is 61.0 Å². The van der Waals surface area contributed by atoms with Crippen molar-refractivity contribution in [2.24, 2.45) is 4.99 Å². The molecule has 1 aliphatic rings. The first-order valence-electron chi connectivity index (χ1n) is 11.4. The number of hydrogen-bond donors (Lipinski definition) is 1. The number of thiazole rings is 1. The highest BCUT2D eigenvalue weighted by Crippen LogP contribution is 2.41. The van der Waals surface area contributed by atoms with Crippen molar-refractivity contribution < 1.29 is 24.1 Å². The number of ether oxygens (including phenoxy) is 3. The third kappa shape index (κ3) is 5.12. The Morgan fingerprint density at radius 1 is 1.24 bits per heavy atom. The van der Waals surface area contributed by atoms with Crippen LogP contribution in [0.3, 0.4) is 0 Å². The summed E-state index contributed by atoms with van der Waals surface area (Å²) in [6, 6.07) is 7.89. The molecule has 0 bridgehead atoms. The number of para-hydroxylation sites is 1. The molecule has 0 aliphatic carbocycles. The minimum absolute atomic E-state index is 0.000377. The summed E-state index contributed by atoms with van der Waals surface area (Å²) in [6.07, 6.45) is 1.60. The average Bonchev–Trinajstić information content (AvgIpc) is 3.16. The van der Waals surface area contributed by atoms with Crippen LogP contribution in [0.4, 0.5) is 0 Å². The Hall–Kier alpha value is -2.89. The molecule has 0 amide bonds. The zero-order valence-corrected chi connectivity index (χ0v) is 24.5. The Bertz CT molecular complexity index is 1590. The Kier molecular flexibility index (Phi) is 8.25. The maximum absolute atomic E-state index is 13.9. The fraction of sp³-hybridized carbons (Fsp3) is 0.269. The van der Waals surface area contributed by atoms with Crippen LogP contribution in [-0.2, 0) is 9.53 Å². The van der Waals surface area contributed by atoms with E-state index in [-0.39, 0.29) is 23.5 Å². The molecule has 0 spiro atoms. The molecule has 1 N–H and O–H groups in total. The molecule has 2 heterocycles. The third-order valence-corrected chi connectivity index (χ3v) is 7.72. The van der Waals surface area contributed by atoms with E-state index in [1.54, 1.807) is 50.3 Å². The first-order chi connectivity index (χ1) is 17.7. The molecule has 0 saturated heterocycles. The minimum atomic E-state index is -0.864. The molecule has 37 heavy (non-hydrogen) atoms. The predicted octanol–water partition coefficient (Wildman–Crippen LogP) is 4.44. The molecule has 4 rings (SSSR count). The van der Waals surface area contributed by atoms with E-state index < -0.39 is 12.0 Å². The van der Waals surface area contributed by atoms with E-state index in [9.17, 15) is 14.7 Å². The number of carbonyl (C=O) groups is 1. The summed E-state index contributed by atoms with van der Waals surface area (Å²) in [5, 5.41) is 10.5. The summed E-state index contributed by atoms with van der Waals surface area (Å²) in [4.78, 5) is 32.0. The molecule has 0 fully saturated rings. The van der Waals surface area contributed by atoms with Gasteiger partial charge in [0.15, 0.2) is 16.3 Å². The fourth-order valence-electron chi connectivity index (χ4n) is 4.13. The summed E-state index contributed by atoms with van der Waals surface area (Å²) in [7, 11) is 1.53. The number of rotatable bonds is 7. The number of phenols is 1. The van der Waals surface area contributed by atoms with Crippen LogP contribution in [-0.4, -0.2) is 36.0 Å². The molecule has 194 valence electrons. The number of methoxy groups -OCH3 is 1. The highest BCUT2D eigenvalue weighted by Gasteiger charge is 2.36. The molecular formula is C26H24Br2N2O6S. The topological polar surface area (TPSA) is 99.4 Å². The van der Waals surface area contributed by atoms with Gasteiger partial charge in [0.25, 0.3) is 5.56 Å². The molecule has 3 aromatic rings. The van der Waals surface area contributed by atoms with Crippen LogP contribution in [0.15, 0.2) is 60.3 Å². The van der Waals surface area contributed by atoms with E-state index in [4.69, 9.17) is 14.2 Å². The molecule has 1 aromatic heterocycles. The van der Waals surface area contributed by atoms with Crippen molar-refractivity contribution in [2.45, 2.75) is 26.8 Å². The van der Waals surface area contributed by atoms with Crippen LogP contribution in [0, 0.1) is 0 Å². The number of hydrogen-bond acceptors (Lipinski definition) is 8. The van der Waals surface area contributed by atoms with Crippen LogP contribution in [0.5, 0.6) is 17.2 Å². The highest BCUT2D eigenvalue weighted by molar-refractivity contribution is 9.11. The van der Waals surface area contributed by atoms with Crippen molar-refractivity contribution in [2.75, 3.05) is 20.3 Å². The largest absolute Gasteiger partial charge is 0.506 e. The number of phenolic OH excluding ortho intramolecular Hbond substituents is 1. The summed E-state index contributed by atoms with van der Waals surface area (Å²) < 4.78 is 19.9. The lowest BCUT2D eigenvalue weighted by molar-refractivity contribution is -0.139. The van der Waals surface area contributed by atoms with E-state index in [0.717, 1.165) is 15.8 Å². The molecular weight excluding hydrogens is 628 g/mol. The number of carbonyl (C=O) groups excluding carboxylic acids is 1. The van der Waals surface area contributed by atoms with Gasteiger partial charge in [0.1, 0.15) is 11.8 Å². The first-order valence-corrected chi connectivity index (χ1v) is 13.8. The van der Waals surface area contributed by atoms with Gasteiger partial charge in [-0.15, -0.1) is 0 Å². The molecule has 1 aliphatic heterocycles. The first kappa shape index (κ1) is 27.2. The van der Waals surface area contributed by atoms with Gasteiger partial charge in [-0.3, -0.25) is 9.36 Å². The molecule has 1 atom stereocenters. The van der Waals surface area contributed by atoms with Crippen LogP contribution < -0.4 is 24.4 Å². The number of nitrogens with zero attached hydrogens (tertiary/aromatic N) is 2. The van der Waals surface area contributed by atoms with Crippen LogP contribution in [0.1, 0.15) is 37.9 Å². The SMILES string of the molecule is CCOC(=O)C1=C(C)N=c2s/c(=C/c3cc(Br)cc(Br)c3O)c(=O)n2[C@@H]1c1cccc(OC)c1OCC. The second-order valence-electron chi connectivity index (χ2n) is 7.94. The van der Waals surface area contributed by atoms with Crippen molar-refractivity contribution in [3.63, 3.8) is 0 Å². The second kappa shape index (κ2) is 11.2.